The van der Waals surface area contributed by atoms with Crippen LogP contribution in [0.3, 0.4) is 0 Å². The summed E-state index contributed by atoms with van der Waals surface area (Å²) in [5, 5.41) is 3.17. The normalized spacial score (nSPS) is 15.4. The second kappa shape index (κ2) is 4.65. The zero-order valence-electron chi connectivity index (χ0n) is 9.79. The van der Waals surface area contributed by atoms with Crippen LogP contribution in [0.5, 0.6) is 0 Å². The summed E-state index contributed by atoms with van der Waals surface area (Å²) in [7, 11) is 4.03. The lowest BCUT2D eigenvalue weighted by Crippen LogP contribution is -2.22. The number of H-pyrrole nitrogens is 1. The predicted octanol–water partition coefficient (Wildman–Crippen LogP) is 0.621. The van der Waals surface area contributed by atoms with Crippen molar-refractivity contribution in [1.29, 1.82) is 0 Å². The molecule has 2 rings (SSSR count). The second-order valence-electron chi connectivity index (χ2n) is 4.52. The van der Waals surface area contributed by atoms with Gasteiger partial charge in [-0.2, -0.15) is 0 Å². The number of aromatic amines is 1. The highest BCUT2D eigenvalue weighted by Gasteiger charge is 2.26. The monoisotopic (exact) mass is 222 g/mol. The van der Waals surface area contributed by atoms with Gasteiger partial charge in [-0.05, 0) is 26.9 Å². The van der Waals surface area contributed by atoms with Gasteiger partial charge in [0.25, 0.3) is 5.56 Å². The molecular weight excluding hydrogens is 204 g/mol. The van der Waals surface area contributed by atoms with Crippen LogP contribution in [0.25, 0.3) is 0 Å². The van der Waals surface area contributed by atoms with Gasteiger partial charge in [0.15, 0.2) is 0 Å². The van der Waals surface area contributed by atoms with E-state index in [1.54, 1.807) is 0 Å². The Labute approximate surface area is 94.9 Å². The topological polar surface area (TPSA) is 61.0 Å². The maximum absolute atomic E-state index is 11.4. The minimum absolute atomic E-state index is 0.0655. The van der Waals surface area contributed by atoms with Gasteiger partial charge >= 0.3 is 0 Å². The number of likely N-dealkylation sites (N-methyl/N-ethyl adjacent to an activating group) is 1. The summed E-state index contributed by atoms with van der Waals surface area (Å²) in [5.74, 6) is 2.00. The lowest BCUT2D eigenvalue weighted by atomic mass is 10.4. The Morgan fingerprint density at radius 1 is 1.56 bits per heavy atom. The number of anilines is 1. The van der Waals surface area contributed by atoms with E-state index in [0.29, 0.717) is 11.7 Å². The van der Waals surface area contributed by atoms with E-state index in [2.05, 4.69) is 20.2 Å². The van der Waals surface area contributed by atoms with Gasteiger partial charge in [0.05, 0.1) is 0 Å². The number of nitrogens with one attached hydrogen (secondary N) is 2. The first-order chi connectivity index (χ1) is 7.65. The fraction of sp³-hybridized carbons (Fsp3) is 0.636. The van der Waals surface area contributed by atoms with Gasteiger partial charge in [0, 0.05) is 25.1 Å². The third-order valence-electron chi connectivity index (χ3n) is 2.59. The molecule has 0 bridgehead atoms. The zero-order valence-corrected chi connectivity index (χ0v) is 9.79. The number of nitrogens with zero attached hydrogens (tertiary/aromatic N) is 2. The molecule has 1 fully saturated rings. The summed E-state index contributed by atoms with van der Waals surface area (Å²) in [6.07, 6.45) is 2.29. The van der Waals surface area contributed by atoms with E-state index >= 15 is 0 Å². The Hall–Kier alpha value is -1.36. The van der Waals surface area contributed by atoms with E-state index in [-0.39, 0.29) is 5.56 Å². The number of hydrogen-bond donors (Lipinski definition) is 2. The van der Waals surface area contributed by atoms with Crippen molar-refractivity contribution in [1.82, 2.24) is 14.9 Å². The zero-order chi connectivity index (χ0) is 11.5. The smallest absolute Gasteiger partial charge is 0.252 e. The molecule has 0 radical (unpaired) electrons. The highest BCUT2D eigenvalue weighted by molar-refractivity contribution is 5.33. The molecule has 16 heavy (non-hydrogen) atoms. The molecule has 1 aromatic rings. The van der Waals surface area contributed by atoms with E-state index in [1.807, 2.05) is 14.1 Å². The number of rotatable bonds is 5. The van der Waals surface area contributed by atoms with Crippen molar-refractivity contribution in [3.8, 4) is 0 Å². The van der Waals surface area contributed by atoms with E-state index < -0.39 is 0 Å². The Kier molecular flexibility index (Phi) is 3.24. The van der Waals surface area contributed by atoms with Crippen molar-refractivity contribution in [2.24, 2.45) is 0 Å². The predicted molar refractivity (Wildman–Crippen MR) is 63.9 cm³/mol. The third kappa shape index (κ3) is 3.06. The summed E-state index contributed by atoms with van der Waals surface area (Å²) in [6.45, 7) is 1.72. The SMILES string of the molecule is CN(C)CCNc1cc(=O)[nH]c(C2CC2)n1. The van der Waals surface area contributed by atoms with E-state index in [4.69, 9.17) is 0 Å². The van der Waals surface area contributed by atoms with Crippen LogP contribution >= 0.6 is 0 Å². The summed E-state index contributed by atoms with van der Waals surface area (Å²) in [4.78, 5) is 20.7. The summed E-state index contributed by atoms with van der Waals surface area (Å²) in [6, 6.07) is 1.52. The van der Waals surface area contributed by atoms with Gasteiger partial charge in [-0.3, -0.25) is 4.79 Å². The fourth-order valence-electron chi connectivity index (χ4n) is 1.52. The highest BCUT2D eigenvalue weighted by Crippen LogP contribution is 2.37. The minimum atomic E-state index is -0.0655. The first kappa shape index (κ1) is 11.1. The van der Waals surface area contributed by atoms with Crippen LogP contribution in [0.2, 0.25) is 0 Å². The molecule has 0 amide bonds. The maximum Gasteiger partial charge on any atom is 0.252 e. The molecule has 1 aliphatic rings. The summed E-state index contributed by atoms with van der Waals surface area (Å²) >= 11 is 0. The molecule has 1 heterocycles. The van der Waals surface area contributed by atoms with Crippen LogP contribution in [-0.2, 0) is 0 Å². The molecule has 5 heteroatoms. The highest BCUT2D eigenvalue weighted by atomic mass is 16.1. The van der Waals surface area contributed by atoms with Crippen molar-refractivity contribution in [3.63, 3.8) is 0 Å². The Bertz CT molecular complexity index is 409. The molecule has 1 aromatic heterocycles. The Morgan fingerprint density at radius 3 is 2.94 bits per heavy atom. The second-order valence-corrected chi connectivity index (χ2v) is 4.52. The standard InChI is InChI=1S/C11H18N4O/c1-15(2)6-5-12-9-7-10(16)14-11(13-9)8-3-4-8/h7-8H,3-6H2,1-2H3,(H2,12,13,14,16). The van der Waals surface area contributed by atoms with Gasteiger partial charge in [0.2, 0.25) is 0 Å². The molecule has 88 valence electrons. The molecule has 2 N–H and O–H groups in total. The first-order valence-electron chi connectivity index (χ1n) is 5.65. The summed E-state index contributed by atoms with van der Waals surface area (Å²) < 4.78 is 0. The van der Waals surface area contributed by atoms with Crippen LogP contribution < -0.4 is 10.9 Å². The van der Waals surface area contributed by atoms with Crippen LogP contribution in [0.1, 0.15) is 24.6 Å². The van der Waals surface area contributed by atoms with Gasteiger partial charge in [-0.25, -0.2) is 4.98 Å². The molecule has 0 saturated heterocycles. The van der Waals surface area contributed by atoms with E-state index in [0.717, 1.165) is 31.8 Å². The average Bonchev–Trinajstić information content (AvgIpc) is 2.99. The van der Waals surface area contributed by atoms with Gasteiger partial charge in [-0.15, -0.1) is 0 Å². The maximum atomic E-state index is 11.4. The quantitative estimate of drug-likeness (QED) is 0.766. The molecule has 5 nitrogen and oxygen atoms in total. The van der Waals surface area contributed by atoms with E-state index in [9.17, 15) is 4.79 Å². The number of aromatic nitrogens is 2. The molecule has 1 saturated carbocycles. The molecule has 0 unspecified atom stereocenters. The van der Waals surface area contributed by atoms with Gasteiger partial charge < -0.3 is 15.2 Å². The van der Waals surface area contributed by atoms with Crippen molar-refractivity contribution < 1.29 is 0 Å². The van der Waals surface area contributed by atoms with Crippen molar-refractivity contribution >= 4 is 5.82 Å². The largest absolute Gasteiger partial charge is 0.369 e. The number of hydrogen-bond acceptors (Lipinski definition) is 4. The minimum Gasteiger partial charge on any atom is -0.369 e. The fourth-order valence-corrected chi connectivity index (χ4v) is 1.52. The van der Waals surface area contributed by atoms with Crippen molar-refractivity contribution in [3.05, 3.63) is 22.2 Å². The Morgan fingerprint density at radius 2 is 2.31 bits per heavy atom. The average molecular weight is 222 g/mol. The molecule has 0 atom stereocenters. The lowest BCUT2D eigenvalue weighted by Gasteiger charge is -2.11. The van der Waals surface area contributed by atoms with Crippen molar-refractivity contribution in [2.45, 2.75) is 18.8 Å². The molecule has 0 aromatic carbocycles. The summed E-state index contributed by atoms with van der Waals surface area (Å²) in [5.41, 5.74) is -0.0655. The van der Waals surface area contributed by atoms with Crippen LogP contribution in [0.4, 0.5) is 5.82 Å². The van der Waals surface area contributed by atoms with Gasteiger partial charge in [-0.1, -0.05) is 0 Å². The molecule has 0 aliphatic heterocycles. The lowest BCUT2D eigenvalue weighted by molar-refractivity contribution is 0.425. The van der Waals surface area contributed by atoms with Crippen LogP contribution in [0.15, 0.2) is 10.9 Å². The third-order valence-corrected chi connectivity index (χ3v) is 2.59. The first-order valence-corrected chi connectivity index (χ1v) is 5.65. The molecular formula is C11H18N4O. The van der Waals surface area contributed by atoms with Crippen LogP contribution in [-0.4, -0.2) is 42.1 Å². The Balaban J connectivity index is 2.00. The van der Waals surface area contributed by atoms with Gasteiger partial charge in [0.1, 0.15) is 11.6 Å². The molecule has 1 aliphatic carbocycles. The van der Waals surface area contributed by atoms with E-state index in [1.165, 1.54) is 6.07 Å². The molecule has 0 spiro atoms. The van der Waals surface area contributed by atoms with Crippen LogP contribution in [0, 0.1) is 0 Å². The van der Waals surface area contributed by atoms with Crippen molar-refractivity contribution in [2.75, 3.05) is 32.5 Å².